The minimum Gasteiger partial charge on any atom is -0.462 e. The van der Waals surface area contributed by atoms with Crippen LogP contribution in [-0.2, 0) is 11.3 Å². The highest BCUT2D eigenvalue weighted by Crippen LogP contribution is 2.23. The summed E-state index contributed by atoms with van der Waals surface area (Å²) in [5, 5.41) is 0.509. The molecule has 0 unspecified atom stereocenters. The predicted octanol–water partition coefficient (Wildman–Crippen LogP) is 3.26. The molecule has 0 aliphatic rings. The Labute approximate surface area is 139 Å². The highest BCUT2D eigenvalue weighted by atomic mass is 16.5. The van der Waals surface area contributed by atoms with Gasteiger partial charge in [0, 0.05) is 36.1 Å². The second-order valence-corrected chi connectivity index (χ2v) is 5.35. The summed E-state index contributed by atoms with van der Waals surface area (Å²) >= 11 is 0. The summed E-state index contributed by atoms with van der Waals surface area (Å²) in [5.41, 5.74) is 2.51. The molecule has 0 fully saturated rings. The van der Waals surface area contributed by atoms with Gasteiger partial charge in [-0.05, 0) is 37.6 Å². The Morgan fingerprint density at radius 3 is 2.71 bits per heavy atom. The van der Waals surface area contributed by atoms with Gasteiger partial charge in [-0.1, -0.05) is 12.1 Å². The van der Waals surface area contributed by atoms with E-state index >= 15 is 0 Å². The molecule has 0 atom stereocenters. The van der Waals surface area contributed by atoms with Crippen molar-refractivity contribution in [3.8, 4) is 11.1 Å². The third kappa shape index (κ3) is 2.80. The van der Waals surface area contributed by atoms with Crippen molar-refractivity contribution in [3.63, 3.8) is 0 Å². The van der Waals surface area contributed by atoms with E-state index in [1.165, 1.54) is 0 Å². The van der Waals surface area contributed by atoms with Crippen LogP contribution >= 0.6 is 0 Å². The maximum absolute atomic E-state index is 12.6. The molecule has 0 saturated carbocycles. The van der Waals surface area contributed by atoms with E-state index in [1.807, 2.05) is 35.8 Å². The van der Waals surface area contributed by atoms with Gasteiger partial charge in [0.05, 0.1) is 12.1 Å². The van der Waals surface area contributed by atoms with Crippen LogP contribution in [0.2, 0.25) is 0 Å². The van der Waals surface area contributed by atoms with Gasteiger partial charge < -0.3 is 9.30 Å². The van der Waals surface area contributed by atoms with Crippen LogP contribution in [0.3, 0.4) is 0 Å². The summed E-state index contributed by atoms with van der Waals surface area (Å²) in [7, 11) is 0. The van der Waals surface area contributed by atoms with Crippen LogP contribution in [-0.4, -0.2) is 22.1 Å². The van der Waals surface area contributed by atoms with Gasteiger partial charge in [-0.2, -0.15) is 0 Å². The number of rotatable bonds is 4. The number of hydrogen-bond acceptors (Lipinski definition) is 4. The summed E-state index contributed by atoms with van der Waals surface area (Å²) in [6, 6.07) is 9.42. The van der Waals surface area contributed by atoms with Crippen molar-refractivity contribution in [1.29, 1.82) is 0 Å². The summed E-state index contributed by atoms with van der Waals surface area (Å²) in [6.45, 7) is 4.56. The fourth-order valence-electron chi connectivity index (χ4n) is 2.72. The van der Waals surface area contributed by atoms with Gasteiger partial charge in [0.15, 0.2) is 0 Å². The maximum atomic E-state index is 12.6. The van der Waals surface area contributed by atoms with Crippen LogP contribution in [0, 0.1) is 0 Å². The van der Waals surface area contributed by atoms with E-state index in [2.05, 4.69) is 4.98 Å². The number of aryl methyl sites for hydroxylation is 1. The van der Waals surface area contributed by atoms with Crippen LogP contribution in [0.4, 0.5) is 0 Å². The van der Waals surface area contributed by atoms with Crippen molar-refractivity contribution >= 4 is 16.9 Å². The average Bonchev–Trinajstić information content (AvgIpc) is 2.62. The van der Waals surface area contributed by atoms with Crippen LogP contribution in [0.15, 0.2) is 53.7 Å². The number of aromatic nitrogens is 2. The molecule has 3 rings (SSSR count). The van der Waals surface area contributed by atoms with Gasteiger partial charge in [0.25, 0.3) is 0 Å². The quantitative estimate of drug-likeness (QED) is 0.692. The molecule has 0 spiro atoms. The van der Waals surface area contributed by atoms with Gasteiger partial charge in [0.1, 0.15) is 5.56 Å². The Kier molecular flexibility index (Phi) is 4.42. The van der Waals surface area contributed by atoms with E-state index in [4.69, 9.17) is 4.74 Å². The maximum Gasteiger partial charge on any atom is 0.343 e. The fourth-order valence-corrected chi connectivity index (χ4v) is 2.72. The summed E-state index contributed by atoms with van der Waals surface area (Å²) in [5.74, 6) is -0.581. The van der Waals surface area contributed by atoms with Gasteiger partial charge in [-0.25, -0.2) is 4.79 Å². The molecule has 0 amide bonds. The first kappa shape index (κ1) is 15.9. The summed E-state index contributed by atoms with van der Waals surface area (Å²) in [6.07, 6.45) is 5.08. The highest BCUT2D eigenvalue weighted by molar-refractivity contribution is 5.94. The first-order chi connectivity index (χ1) is 11.7. The van der Waals surface area contributed by atoms with Crippen molar-refractivity contribution in [3.05, 3.63) is 64.7 Å². The van der Waals surface area contributed by atoms with E-state index in [0.717, 1.165) is 16.6 Å². The lowest BCUT2D eigenvalue weighted by atomic mass is 10.0. The van der Waals surface area contributed by atoms with E-state index in [0.29, 0.717) is 11.9 Å². The minimum absolute atomic E-state index is 0.0697. The molecule has 0 bridgehead atoms. The van der Waals surface area contributed by atoms with Gasteiger partial charge in [0.2, 0.25) is 5.43 Å². The zero-order chi connectivity index (χ0) is 17.1. The van der Waals surface area contributed by atoms with Crippen LogP contribution in [0.5, 0.6) is 0 Å². The molecule has 2 aromatic heterocycles. The fraction of sp³-hybridized carbons (Fsp3) is 0.211. The zero-order valence-corrected chi connectivity index (χ0v) is 13.7. The Hall–Kier alpha value is -2.95. The lowest BCUT2D eigenvalue weighted by Crippen LogP contribution is -2.20. The van der Waals surface area contributed by atoms with E-state index < -0.39 is 5.97 Å². The lowest BCUT2D eigenvalue weighted by molar-refractivity contribution is 0.0524. The molecular weight excluding hydrogens is 304 g/mol. The molecule has 2 heterocycles. The molecule has 0 aliphatic carbocycles. The molecule has 0 saturated heterocycles. The standard InChI is InChI=1S/C19H18N2O3/c1-3-21-12-16(19(23)24-4-2)18(22)15-8-7-13(10-17(15)21)14-6-5-9-20-11-14/h5-12H,3-4H2,1-2H3. The van der Waals surface area contributed by atoms with E-state index in [-0.39, 0.29) is 17.6 Å². The van der Waals surface area contributed by atoms with Gasteiger partial charge in [-0.15, -0.1) is 0 Å². The number of ether oxygens (including phenoxy) is 1. The monoisotopic (exact) mass is 322 g/mol. The molecule has 5 nitrogen and oxygen atoms in total. The molecule has 24 heavy (non-hydrogen) atoms. The van der Waals surface area contributed by atoms with Crippen LogP contribution in [0.25, 0.3) is 22.0 Å². The predicted molar refractivity (Wildman–Crippen MR) is 93.1 cm³/mol. The van der Waals surface area contributed by atoms with Crippen molar-refractivity contribution in [2.24, 2.45) is 0 Å². The Balaban J connectivity index is 2.22. The number of fused-ring (bicyclic) bond motifs is 1. The Morgan fingerprint density at radius 1 is 1.21 bits per heavy atom. The summed E-state index contributed by atoms with van der Waals surface area (Å²) < 4.78 is 6.88. The SMILES string of the molecule is CCOC(=O)c1cn(CC)c2cc(-c3cccnc3)ccc2c1=O. The molecule has 0 N–H and O–H groups in total. The number of nitrogens with zero attached hydrogens (tertiary/aromatic N) is 2. The Bertz CT molecular complexity index is 946. The topological polar surface area (TPSA) is 61.2 Å². The average molecular weight is 322 g/mol. The molecule has 0 aliphatic heterocycles. The van der Waals surface area contributed by atoms with Crippen molar-refractivity contribution in [2.75, 3.05) is 6.61 Å². The van der Waals surface area contributed by atoms with Crippen molar-refractivity contribution < 1.29 is 9.53 Å². The van der Waals surface area contributed by atoms with Crippen molar-refractivity contribution in [1.82, 2.24) is 9.55 Å². The number of pyridine rings is 2. The Morgan fingerprint density at radius 2 is 2.04 bits per heavy atom. The molecule has 3 aromatic rings. The number of hydrogen-bond donors (Lipinski definition) is 0. The number of benzene rings is 1. The van der Waals surface area contributed by atoms with Crippen LogP contribution in [0.1, 0.15) is 24.2 Å². The largest absolute Gasteiger partial charge is 0.462 e. The minimum atomic E-state index is -0.581. The first-order valence-electron chi connectivity index (χ1n) is 7.90. The first-order valence-corrected chi connectivity index (χ1v) is 7.90. The third-order valence-electron chi connectivity index (χ3n) is 3.91. The molecule has 0 radical (unpaired) electrons. The highest BCUT2D eigenvalue weighted by Gasteiger charge is 2.16. The van der Waals surface area contributed by atoms with E-state index in [1.54, 1.807) is 31.6 Å². The summed E-state index contributed by atoms with van der Waals surface area (Å²) in [4.78, 5) is 28.8. The second kappa shape index (κ2) is 6.66. The molecular formula is C19H18N2O3. The van der Waals surface area contributed by atoms with E-state index in [9.17, 15) is 9.59 Å². The van der Waals surface area contributed by atoms with Gasteiger partial charge in [-0.3, -0.25) is 9.78 Å². The normalized spacial score (nSPS) is 10.8. The van der Waals surface area contributed by atoms with Crippen molar-refractivity contribution in [2.45, 2.75) is 20.4 Å². The molecule has 1 aromatic carbocycles. The lowest BCUT2D eigenvalue weighted by Gasteiger charge is -2.12. The zero-order valence-electron chi connectivity index (χ0n) is 13.7. The van der Waals surface area contributed by atoms with Gasteiger partial charge >= 0.3 is 5.97 Å². The smallest absolute Gasteiger partial charge is 0.343 e. The number of carbonyl (C=O) groups excluding carboxylic acids is 1. The number of esters is 1. The van der Waals surface area contributed by atoms with Crippen LogP contribution < -0.4 is 5.43 Å². The second-order valence-electron chi connectivity index (χ2n) is 5.35. The molecule has 5 heteroatoms. The number of carbonyl (C=O) groups is 1. The third-order valence-corrected chi connectivity index (χ3v) is 3.91. The molecule has 122 valence electrons.